The second-order valence-corrected chi connectivity index (χ2v) is 9.03. The molecule has 7 nitrogen and oxygen atoms in total. The number of ether oxygens (including phenoxy) is 2. The van der Waals surface area contributed by atoms with Crippen LogP contribution in [0.25, 0.3) is 10.9 Å². The maximum atomic E-state index is 13.6. The zero-order valence-electron chi connectivity index (χ0n) is 18.8. The van der Waals surface area contributed by atoms with E-state index in [-0.39, 0.29) is 24.4 Å². The average Bonchev–Trinajstić information content (AvgIpc) is 3.61. The molecule has 1 saturated carbocycles. The quantitative estimate of drug-likeness (QED) is 0.653. The number of para-hydroxylation sites is 1. The molecule has 3 aliphatic rings. The number of hydrogen-bond acceptors (Lipinski definition) is 4. The lowest BCUT2D eigenvalue weighted by molar-refractivity contribution is -0.159. The number of H-pyrrole nitrogens is 1. The van der Waals surface area contributed by atoms with Crippen LogP contribution in [0, 0.1) is 0 Å². The highest BCUT2D eigenvalue weighted by molar-refractivity contribution is 5.98. The third kappa shape index (κ3) is 3.09. The second-order valence-electron chi connectivity index (χ2n) is 9.03. The molecule has 1 aliphatic carbocycles. The van der Waals surface area contributed by atoms with E-state index in [0.717, 1.165) is 40.6 Å². The van der Waals surface area contributed by atoms with E-state index in [2.05, 4.69) is 11.1 Å². The highest BCUT2D eigenvalue weighted by Gasteiger charge is 2.50. The topological polar surface area (TPSA) is 74.9 Å². The molecular weight excluding hydrogens is 418 g/mol. The van der Waals surface area contributed by atoms with Crippen molar-refractivity contribution in [3.63, 3.8) is 0 Å². The van der Waals surface area contributed by atoms with Crippen molar-refractivity contribution in [3.05, 3.63) is 59.3 Å². The minimum atomic E-state index is -0.499. The van der Waals surface area contributed by atoms with Crippen molar-refractivity contribution < 1.29 is 19.1 Å². The highest BCUT2D eigenvalue weighted by atomic mass is 16.5. The Morgan fingerprint density at radius 3 is 2.67 bits per heavy atom. The van der Waals surface area contributed by atoms with Crippen LogP contribution in [0.15, 0.2) is 42.5 Å². The van der Waals surface area contributed by atoms with Crippen LogP contribution >= 0.6 is 0 Å². The van der Waals surface area contributed by atoms with Crippen molar-refractivity contribution in [2.24, 2.45) is 0 Å². The fourth-order valence-electron chi connectivity index (χ4n) is 5.46. The number of nitrogens with one attached hydrogen (secondary N) is 1. The predicted molar refractivity (Wildman–Crippen MR) is 123 cm³/mol. The van der Waals surface area contributed by atoms with Gasteiger partial charge in [0.25, 0.3) is 0 Å². The number of benzene rings is 2. The Labute approximate surface area is 192 Å². The van der Waals surface area contributed by atoms with Crippen LogP contribution in [0.3, 0.4) is 0 Å². The Bertz CT molecular complexity index is 1260. The molecule has 0 spiro atoms. The molecule has 6 rings (SSSR count). The maximum absolute atomic E-state index is 13.6. The van der Waals surface area contributed by atoms with Crippen molar-refractivity contribution in [3.8, 4) is 11.5 Å². The number of rotatable bonds is 5. The van der Waals surface area contributed by atoms with E-state index < -0.39 is 12.1 Å². The number of aromatic nitrogens is 1. The van der Waals surface area contributed by atoms with Crippen LogP contribution < -0.4 is 9.47 Å². The summed E-state index contributed by atoms with van der Waals surface area (Å²) >= 11 is 0. The summed E-state index contributed by atoms with van der Waals surface area (Å²) in [4.78, 5) is 34.3. The number of carbonyl (C=O) groups excluding carboxylic acids is 2. The molecule has 1 N–H and O–H groups in total. The van der Waals surface area contributed by atoms with Gasteiger partial charge in [0.05, 0.1) is 19.8 Å². The number of hydrogen-bond donors (Lipinski definition) is 1. The second kappa shape index (κ2) is 7.54. The minimum absolute atomic E-state index is 0.00587. The van der Waals surface area contributed by atoms with E-state index in [9.17, 15) is 9.59 Å². The van der Waals surface area contributed by atoms with Gasteiger partial charge < -0.3 is 24.3 Å². The standard InChI is InChI=1S/C26H27N3O4/c1-3-33-21-11-8-15(12-22(21)32-2)25-24-18(17-6-4-5-7-19(17)27-24)13-20-26(31)28(16-9-10-16)14-23(30)29(20)25/h4-8,11-12,16,20,25,27H,3,9-10,13-14H2,1-2H3/t20-,25?/m0/s1. The van der Waals surface area contributed by atoms with Crippen LogP contribution in [-0.2, 0) is 16.0 Å². The van der Waals surface area contributed by atoms with Gasteiger partial charge in [-0.2, -0.15) is 0 Å². The number of amides is 2. The normalized spacial score (nSPS) is 22.4. The molecule has 1 saturated heterocycles. The van der Waals surface area contributed by atoms with Gasteiger partial charge in [-0.3, -0.25) is 9.59 Å². The number of aromatic amines is 1. The molecule has 0 radical (unpaired) electrons. The summed E-state index contributed by atoms with van der Waals surface area (Å²) in [5, 5.41) is 1.11. The summed E-state index contributed by atoms with van der Waals surface area (Å²) in [6, 6.07) is 13.3. The first kappa shape index (κ1) is 20.1. The number of nitrogens with zero attached hydrogens (tertiary/aromatic N) is 2. The number of methoxy groups -OCH3 is 1. The molecule has 2 aliphatic heterocycles. The summed E-state index contributed by atoms with van der Waals surface area (Å²) in [6.45, 7) is 2.61. The Morgan fingerprint density at radius 1 is 1.09 bits per heavy atom. The smallest absolute Gasteiger partial charge is 0.246 e. The van der Waals surface area contributed by atoms with Crippen molar-refractivity contribution in [2.75, 3.05) is 20.3 Å². The molecule has 2 atom stereocenters. The Kier molecular flexibility index (Phi) is 4.60. The first-order chi connectivity index (χ1) is 16.1. The van der Waals surface area contributed by atoms with Crippen LogP contribution in [0.2, 0.25) is 0 Å². The van der Waals surface area contributed by atoms with Gasteiger partial charge in [0, 0.05) is 29.1 Å². The number of piperazine rings is 1. The summed E-state index contributed by atoms with van der Waals surface area (Å²) in [5.41, 5.74) is 4.00. The zero-order valence-corrected chi connectivity index (χ0v) is 18.8. The molecule has 0 bridgehead atoms. The average molecular weight is 446 g/mol. The Hall–Kier alpha value is -3.48. The summed E-state index contributed by atoms with van der Waals surface area (Å²) in [7, 11) is 1.61. The Morgan fingerprint density at radius 2 is 1.91 bits per heavy atom. The van der Waals surface area contributed by atoms with Crippen molar-refractivity contribution in [1.82, 2.24) is 14.8 Å². The number of carbonyl (C=O) groups is 2. The van der Waals surface area contributed by atoms with Gasteiger partial charge in [-0.1, -0.05) is 24.3 Å². The minimum Gasteiger partial charge on any atom is -0.493 e. The third-order valence-electron chi connectivity index (χ3n) is 7.08. The first-order valence-corrected chi connectivity index (χ1v) is 11.6. The lowest BCUT2D eigenvalue weighted by Crippen LogP contribution is -2.63. The number of fused-ring (bicyclic) bond motifs is 4. The molecule has 3 heterocycles. The lowest BCUT2D eigenvalue weighted by atomic mass is 9.86. The highest BCUT2D eigenvalue weighted by Crippen LogP contribution is 2.45. The van der Waals surface area contributed by atoms with Crippen molar-refractivity contribution >= 4 is 22.7 Å². The fraction of sp³-hybridized carbons (Fsp3) is 0.385. The van der Waals surface area contributed by atoms with Crippen LogP contribution in [0.4, 0.5) is 0 Å². The fourth-order valence-corrected chi connectivity index (χ4v) is 5.46. The van der Waals surface area contributed by atoms with Crippen molar-refractivity contribution in [1.29, 1.82) is 0 Å². The lowest BCUT2D eigenvalue weighted by Gasteiger charge is -2.47. The molecule has 2 aromatic carbocycles. The molecular formula is C26H27N3O4. The monoisotopic (exact) mass is 445 g/mol. The van der Waals surface area contributed by atoms with Gasteiger partial charge >= 0.3 is 0 Å². The van der Waals surface area contributed by atoms with E-state index in [1.54, 1.807) is 16.9 Å². The van der Waals surface area contributed by atoms with Gasteiger partial charge in [-0.25, -0.2) is 0 Å². The van der Waals surface area contributed by atoms with Gasteiger partial charge in [-0.05, 0) is 49.1 Å². The van der Waals surface area contributed by atoms with Gasteiger partial charge in [0.15, 0.2) is 11.5 Å². The van der Waals surface area contributed by atoms with E-state index in [1.807, 2.05) is 43.3 Å². The maximum Gasteiger partial charge on any atom is 0.246 e. The van der Waals surface area contributed by atoms with E-state index >= 15 is 0 Å². The third-order valence-corrected chi connectivity index (χ3v) is 7.08. The summed E-state index contributed by atoms with van der Waals surface area (Å²) in [6.07, 6.45) is 2.50. The molecule has 2 amide bonds. The van der Waals surface area contributed by atoms with Gasteiger partial charge in [-0.15, -0.1) is 0 Å². The van der Waals surface area contributed by atoms with Gasteiger partial charge in [0.2, 0.25) is 11.8 Å². The van der Waals surface area contributed by atoms with Crippen LogP contribution in [0.1, 0.15) is 42.6 Å². The molecule has 1 aromatic heterocycles. The van der Waals surface area contributed by atoms with E-state index in [0.29, 0.717) is 24.5 Å². The largest absolute Gasteiger partial charge is 0.493 e. The molecule has 33 heavy (non-hydrogen) atoms. The van der Waals surface area contributed by atoms with E-state index in [4.69, 9.17) is 9.47 Å². The zero-order chi connectivity index (χ0) is 22.7. The molecule has 3 aromatic rings. The molecule has 2 fully saturated rings. The summed E-state index contributed by atoms with van der Waals surface area (Å²) < 4.78 is 11.3. The van der Waals surface area contributed by atoms with Crippen LogP contribution in [-0.4, -0.2) is 58.9 Å². The summed E-state index contributed by atoms with van der Waals surface area (Å²) in [5.74, 6) is 1.34. The first-order valence-electron chi connectivity index (χ1n) is 11.6. The molecule has 170 valence electrons. The predicted octanol–water partition coefficient (Wildman–Crippen LogP) is 3.42. The Balaban J connectivity index is 1.53. The SMILES string of the molecule is CCOc1ccc(C2c3[nH]c4ccccc4c3C[C@H]3C(=O)N(C4CC4)CC(=O)N23)cc1OC. The van der Waals surface area contributed by atoms with E-state index in [1.165, 1.54) is 0 Å². The van der Waals surface area contributed by atoms with Crippen molar-refractivity contribution in [2.45, 2.75) is 44.3 Å². The van der Waals surface area contributed by atoms with Crippen LogP contribution in [0.5, 0.6) is 11.5 Å². The van der Waals surface area contributed by atoms with Gasteiger partial charge in [0.1, 0.15) is 12.6 Å². The molecule has 7 heteroatoms. The molecule has 1 unspecified atom stereocenters.